The summed E-state index contributed by atoms with van der Waals surface area (Å²) in [5.74, 6) is -0.385. The molecule has 2 aromatic carbocycles. The SMILES string of the molecule is Fc1ccc(SCc2nc(-c3ccccc3)no2)cc1F. The monoisotopic (exact) mass is 304 g/mol. The topological polar surface area (TPSA) is 38.9 Å². The van der Waals surface area contributed by atoms with Crippen molar-refractivity contribution in [2.45, 2.75) is 10.6 Å². The molecule has 106 valence electrons. The van der Waals surface area contributed by atoms with E-state index in [1.165, 1.54) is 17.8 Å². The van der Waals surface area contributed by atoms with E-state index in [9.17, 15) is 8.78 Å². The van der Waals surface area contributed by atoms with Gasteiger partial charge in [-0.25, -0.2) is 8.78 Å². The van der Waals surface area contributed by atoms with Crippen molar-refractivity contribution in [3.63, 3.8) is 0 Å². The third-order valence-electron chi connectivity index (χ3n) is 2.75. The Balaban J connectivity index is 1.69. The normalized spacial score (nSPS) is 10.8. The first-order chi connectivity index (χ1) is 10.2. The minimum absolute atomic E-state index is 0.394. The summed E-state index contributed by atoms with van der Waals surface area (Å²) in [4.78, 5) is 4.87. The summed E-state index contributed by atoms with van der Waals surface area (Å²) in [7, 11) is 0. The zero-order valence-electron chi connectivity index (χ0n) is 10.8. The zero-order chi connectivity index (χ0) is 14.7. The number of nitrogens with zero attached hydrogens (tertiary/aromatic N) is 2. The van der Waals surface area contributed by atoms with Crippen LogP contribution in [-0.4, -0.2) is 10.1 Å². The lowest BCUT2D eigenvalue weighted by Crippen LogP contribution is -1.85. The average molecular weight is 304 g/mol. The van der Waals surface area contributed by atoms with Gasteiger partial charge in [-0.3, -0.25) is 0 Å². The fourth-order valence-corrected chi connectivity index (χ4v) is 2.49. The van der Waals surface area contributed by atoms with E-state index in [0.29, 0.717) is 22.4 Å². The minimum atomic E-state index is -0.865. The highest BCUT2D eigenvalue weighted by Gasteiger charge is 2.09. The van der Waals surface area contributed by atoms with Gasteiger partial charge < -0.3 is 4.52 Å². The van der Waals surface area contributed by atoms with Gasteiger partial charge in [0.25, 0.3) is 0 Å². The quantitative estimate of drug-likeness (QED) is 0.673. The van der Waals surface area contributed by atoms with Crippen LogP contribution in [0.15, 0.2) is 57.9 Å². The van der Waals surface area contributed by atoms with Gasteiger partial charge in [0.2, 0.25) is 11.7 Å². The Labute approximate surface area is 124 Å². The second-order valence-corrected chi connectivity index (χ2v) is 5.29. The molecule has 0 amide bonds. The molecule has 0 aliphatic heterocycles. The van der Waals surface area contributed by atoms with Crippen LogP contribution in [0.5, 0.6) is 0 Å². The standard InChI is InChI=1S/C15H10F2N2OS/c16-12-7-6-11(8-13(12)17)21-9-14-18-15(19-20-14)10-4-2-1-3-5-10/h1-8H,9H2. The van der Waals surface area contributed by atoms with E-state index >= 15 is 0 Å². The Morgan fingerprint density at radius 3 is 2.57 bits per heavy atom. The first-order valence-corrected chi connectivity index (χ1v) is 7.17. The number of aromatic nitrogens is 2. The van der Waals surface area contributed by atoms with Crippen LogP contribution in [0, 0.1) is 11.6 Å². The predicted octanol–water partition coefficient (Wildman–Crippen LogP) is 4.31. The maximum absolute atomic E-state index is 13.1. The van der Waals surface area contributed by atoms with Gasteiger partial charge in [0.1, 0.15) is 0 Å². The van der Waals surface area contributed by atoms with Gasteiger partial charge in [0.05, 0.1) is 5.75 Å². The van der Waals surface area contributed by atoms with E-state index in [1.807, 2.05) is 30.3 Å². The minimum Gasteiger partial charge on any atom is -0.338 e. The molecule has 0 aliphatic rings. The third kappa shape index (κ3) is 3.28. The average Bonchev–Trinajstić information content (AvgIpc) is 2.98. The van der Waals surface area contributed by atoms with Crippen molar-refractivity contribution in [2.24, 2.45) is 0 Å². The van der Waals surface area contributed by atoms with Gasteiger partial charge in [0, 0.05) is 10.5 Å². The smallest absolute Gasteiger partial charge is 0.237 e. The molecule has 0 aliphatic carbocycles. The summed E-state index contributed by atoms with van der Waals surface area (Å²) in [5, 5.41) is 3.90. The molecule has 0 N–H and O–H groups in total. The molecular formula is C15H10F2N2OS. The summed E-state index contributed by atoms with van der Waals surface area (Å²) in [6, 6.07) is 13.2. The van der Waals surface area contributed by atoms with Gasteiger partial charge in [-0.1, -0.05) is 35.5 Å². The number of hydrogen-bond donors (Lipinski definition) is 0. The van der Waals surface area contributed by atoms with Crippen molar-refractivity contribution in [1.82, 2.24) is 10.1 Å². The zero-order valence-corrected chi connectivity index (χ0v) is 11.6. The number of thioether (sulfide) groups is 1. The van der Waals surface area contributed by atoms with Crippen LogP contribution < -0.4 is 0 Å². The van der Waals surface area contributed by atoms with Crippen molar-refractivity contribution >= 4 is 11.8 Å². The van der Waals surface area contributed by atoms with Crippen LogP contribution in [0.25, 0.3) is 11.4 Å². The lowest BCUT2D eigenvalue weighted by Gasteiger charge is -1.99. The molecule has 3 aromatic rings. The van der Waals surface area contributed by atoms with Crippen molar-refractivity contribution in [2.75, 3.05) is 0 Å². The summed E-state index contributed by atoms with van der Waals surface area (Å²) in [5.41, 5.74) is 0.866. The Morgan fingerprint density at radius 1 is 1.00 bits per heavy atom. The molecule has 1 aromatic heterocycles. The van der Waals surface area contributed by atoms with Crippen molar-refractivity contribution in [3.8, 4) is 11.4 Å². The molecule has 0 fully saturated rings. The number of hydrogen-bond acceptors (Lipinski definition) is 4. The fraction of sp³-hybridized carbons (Fsp3) is 0.0667. The summed E-state index contributed by atoms with van der Waals surface area (Å²) >= 11 is 1.30. The molecule has 6 heteroatoms. The van der Waals surface area contributed by atoms with Crippen molar-refractivity contribution in [1.29, 1.82) is 0 Å². The first-order valence-electron chi connectivity index (χ1n) is 6.18. The molecule has 0 unspecified atom stereocenters. The Morgan fingerprint density at radius 2 is 1.81 bits per heavy atom. The molecule has 1 heterocycles. The van der Waals surface area contributed by atoms with Gasteiger partial charge >= 0.3 is 0 Å². The second kappa shape index (κ2) is 6.05. The molecule has 0 atom stereocenters. The highest BCUT2D eigenvalue weighted by atomic mass is 32.2. The summed E-state index contributed by atoms with van der Waals surface area (Å²) in [6.45, 7) is 0. The molecule has 0 radical (unpaired) electrons. The molecular weight excluding hydrogens is 294 g/mol. The molecule has 0 saturated heterocycles. The van der Waals surface area contributed by atoms with E-state index in [1.54, 1.807) is 0 Å². The van der Waals surface area contributed by atoms with Gasteiger partial charge in [-0.2, -0.15) is 4.98 Å². The lowest BCUT2D eigenvalue weighted by molar-refractivity contribution is 0.391. The second-order valence-electron chi connectivity index (χ2n) is 4.24. The Kier molecular flexibility index (Phi) is 3.96. The molecule has 3 rings (SSSR count). The lowest BCUT2D eigenvalue weighted by atomic mass is 10.2. The van der Waals surface area contributed by atoms with E-state index in [-0.39, 0.29) is 0 Å². The highest BCUT2D eigenvalue weighted by molar-refractivity contribution is 7.98. The third-order valence-corrected chi connectivity index (χ3v) is 3.73. The van der Waals surface area contributed by atoms with Crippen LogP contribution in [0.4, 0.5) is 8.78 Å². The molecule has 21 heavy (non-hydrogen) atoms. The number of benzene rings is 2. The predicted molar refractivity (Wildman–Crippen MR) is 75.7 cm³/mol. The van der Waals surface area contributed by atoms with E-state index in [4.69, 9.17) is 4.52 Å². The van der Waals surface area contributed by atoms with Gasteiger partial charge in [0.15, 0.2) is 11.6 Å². The maximum Gasteiger partial charge on any atom is 0.237 e. The molecule has 0 bridgehead atoms. The molecule has 0 spiro atoms. The first kappa shape index (κ1) is 13.8. The van der Waals surface area contributed by atoms with Gasteiger partial charge in [-0.05, 0) is 18.2 Å². The van der Waals surface area contributed by atoms with Crippen LogP contribution in [0.2, 0.25) is 0 Å². The Bertz CT molecular complexity index is 746. The highest BCUT2D eigenvalue weighted by Crippen LogP contribution is 2.24. The van der Waals surface area contributed by atoms with Crippen molar-refractivity contribution < 1.29 is 13.3 Å². The molecule has 0 saturated carbocycles. The van der Waals surface area contributed by atoms with E-state index < -0.39 is 11.6 Å². The van der Waals surface area contributed by atoms with E-state index in [2.05, 4.69) is 10.1 Å². The van der Waals surface area contributed by atoms with Crippen LogP contribution in [0.3, 0.4) is 0 Å². The Hall–Kier alpha value is -2.21. The van der Waals surface area contributed by atoms with Gasteiger partial charge in [-0.15, -0.1) is 11.8 Å². The number of rotatable bonds is 4. The van der Waals surface area contributed by atoms with Crippen LogP contribution in [-0.2, 0) is 5.75 Å². The fourth-order valence-electron chi connectivity index (χ4n) is 1.73. The largest absolute Gasteiger partial charge is 0.338 e. The van der Waals surface area contributed by atoms with Crippen LogP contribution in [0.1, 0.15) is 5.89 Å². The molecule has 3 nitrogen and oxygen atoms in total. The van der Waals surface area contributed by atoms with Crippen molar-refractivity contribution in [3.05, 3.63) is 66.1 Å². The maximum atomic E-state index is 13.1. The van der Waals surface area contributed by atoms with Crippen LogP contribution >= 0.6 is 11.8 Å². The van der Waals surface area contributed by atoms with E-state index in [0.717, 1.165) is 17.7 Å². The summed E-state index contributed by atoms with van der Waals surface area (Å²) in [6.07, 6.45) is 0. The summed E-state index contributed by atoms with van der Waals surface area (Å²) < 4.78 is 31.1. The number of halogens is 2.